The van der Waals surface area contributed by atoms with Crippen molar-refractivity contribution in [3.63, 3.8) is 0 Å². The molecule has 0 saturated heterocycles. The summed E-state index contributed by atoms with van der Waals surface area (Å²) in [5.41, 5.74) is 0.776. The SMILES string of the molecule is CCCCCCCCCCCCOc1ccc(C(=O)CCN(C)C)cc1. The van der Waals surface area contributed by atoms with Crippen LogP contribution < -0.4 is 4.74 Å². The van der Waals surface area contributed by atoms with Crippen LogP contribution in [0.15, 0.2) is 24.3 Å². The number of carbonyl (C=O) groups is 1. The van der Waals surface area contributed by atoms with E-state index in [2.05, 4.69) is 6.92 Å². The van der Waals surface area contributed by atoms with E-state index in [0.717, 1.165) is 30.9 Å². The maximum absolute atomic E-state index is 12.1. The second kappa shape index (κ2) is 14.8. The molecule has 0 bridgehead atoms. The number of Topliss-reactive ketones (excluding diaryl/α,β-unsaturated/α-hetero) is 1. The Labute approximate surface area is 161 Å². The van der Waals surface area contributed by atoms with E-state index in [1.54, 1.807) is 0 Å². The molecule has 0 unspecified atom stereocenters. The molecule has 0 aliphatic heterocycles. The number of ketones is 1. The van der Waals surface area contributed by atoms with Crippen LogP contribution in [0.25, 0.3) is 0 Å². The topological polar surface area (TPSA) is 29.5 Å². The van der Waals surface area contributed by atoms with Gasteiger partial charge in [-0.2, -0.15) is 0 Å². The zero-order chi connectivity index (χ0) is 19.0. The van der Waals surface area contributed by atoms with Crippen LogP contribution in [-0.4, -0.2) is 37.9 Å². The van der Waals surface area contributed by atoms with Crippen molar-refractivity contribution in [1.82, 2.24) is 4.90 Å². The first-order valence-electron chi connectivity index (χ1n) is 10.5. The van der Waals surface area contributed by atoms with Crippen molar-refractivity contribution in [3.8, 4) is 5.75 Å². The van der Waals surface area contributed by atoms with Crippen molar-refractivity contribution in [2.24, 2.45) is 0 Å². The van der Waals surface area contributed by atoms with E-state index >= 15 is 0 Å². The minimum absolute atomic E-state index is 0.194. The Morgan fingerprint density at radius 2 is 1.38 bits per heavy atom. The summed E-state index contributed by atoms with van der Waals surface area (Å²) in [4.78, 5) is 14.1. The molecule has 3 nitrogen and oxygen atoms in total. The minimum atomic E-state index is 0.194. The summed E-state index contributed by atoms with van der Waals surface area (Å²) in [5, 5.41) is 0. The van der Waals surface area contributed by atoms with E-state index in [4.69, 9.17) is 4.74 Å². The van der Waals surface area contributed by atoms with Crippen molar-refractivity contribution >= 4 is 5.78 Å². The van der Waals surface area contributed by atoms with Crippen molar-refractivity contribution < 1.29 is 9.53 Å². The van der Waals surface area contributed by atoms with Crippen LogP contribution in [0, 0.1) is 0 Å². The zero-order valence-electron chi connectivity index (χ0n) is 17.3. The van der Waals surface area contributed by atoms with Crippen LogP contribution in [0.5, 0.6) is 5.75 Å². The highest BCUT2D eigenvalue weighted by Gasteiger charge is 2.06. The molecule has 0 aliphatic rings. The summed E-state index contributed by atoms with van der Waals surface area (Å²) in [6, 6.07) is 7.59. The molecule has 26 heavy (non-hydrogen) atoms. The minimum Gasteiger partial charge on any atom is -0.494 e. The van der Waals surface area contributed by atoms with E-state index in [9.17, 15) is 4.79 Å². The van der Waals surface area contributed by atoms with Crippen LogP contribution in [-0.2, 0) is 0 Å². The highest BCUT2D eigenvalue weighted by molar-refractivity contribution is 5.96. The highest BCUT2D eigenvalue weighted by Crippen LogP contribution is 2.15. The lowest BCUT2D eigenvalue weighted by atomic mass is 10.1. The predicted molar refractivity (Wildman–Crippen MR) is 111 cm³/mol. The number of rotatable bonds is 16. The summed E-state index contributed by atoms with van der Waals surface area (Å²) in [5.74, 6) is 1.06. The molecular formula is C23H39NO2. The Morgan fingerprint density at radius 1 is 0.846 bits per heavy atom. The largest absolute Gasteiger partial charge is 0.494 e. The van der Waals surface area contributed by atoms with Crippen molar-refractivity contribution in [3.05, 3.63) is 29.8 Å². The number of hydrogen-bond donors (Lipinski definition) is 0. The average Bonchev–Trinajstić information content (AvgIpc) is 2.64. The fourth-order valence-electron chi connectivity index (χ4n) is 2.99. The van der Waals surface area contributed by atoms with Gasteiger partial charge in [0, 0.05) is 18.5 Å². The Bertz CT molecular complexity index is 468. The molecule has 0 atom stereocenters. The number of benzene rings is 1. The smallest absolute Gasteiger partial charge is 0.164 e. The van der Waals surface area contributed by atoms with Gasteiger partial charge in [-0.3, -0.25) is 4.79 Å². The second-order valence-electron chi connectivity index (χ2n) is 7.53. The monoisotopic (exact) mass is 361 g/mol. The first kappa shape index (κ1) is 22.7. The summed E-state index contributed by atoms with van der Waals surface area (Å²) < 4.78 is 5.79. The highest BCUT2D eigenvalue weighted by atomic mass is 16.5. The van der Waals surface area contributed by atoms with Gasteiger partial charge < -0.3 is 9.64 Å². The summed E-state index contributed by atoms with van der Waals surface area (Å²) in [6.07, 6.45) is 13.9. The molecule has 0 saturated carbocycles. The van der Waals surface area contributed by atoms with Gasteiger partial charge in [-0.15, -0.1) is 0 Å². The molecule has 1 aromatic carbocycles. The van der Waals surface area contributed by atoms with Crippen LogP contribution >= 0.6 is 0 Å². The summed E-state index contributed by atoms with van der Waals surface area (Å²) in [6.45, 7) is 3.82. The molecule has 0 aliphatic carbocycles. The molecule has 0 amide bonds. The first-order valence-corrected chi connectivity index (χ1v) is 10.5. The normalized spacial score (nSPS) is 11.1. The predicted octanol–water partition coefficient (Wildman–Crippen LogP) is 6.12. The van der Waals surface area contributed by atoms with E-state index < -0.39 is 0 Å². The number of nitrogens with zero attached hydrogens (tertiary/aromatic N) is 1. The zero-order valence-corrected chi connectivity index (χ0v) is 17.3. The molecule has 148 valence electrons. The first-order chi connectivity index (χ1) is 12.6. The number of ether oxygens (including phenoxy) is 1. The lowest BCUT2D eigenvalue weighted by molar-refractivity contribution is 0.0972. The number of hydrogen-bond acceptors (Lipinski definition) is 3. The van der Waals surface area contributed by atoms with Gasteiger partial charge in [0.25, 0.3) is 0 Å². The van der Waals surface area contributed by atoms with Gasteiger partial charge in [0.1, 0.15) is 5.75 Å². The third kappa shape index (κ3) is 11.3. The van der Waals surface area contributed by atoms with E-state index in [-0.39, 0.29) is 5.78 Å². The second-order valence-corrected chi connectivity index (χ2v) is 7.53. The van der Waals surface area contributed by atoms with Gasteiger partial charge in [0.15, 0.2) is 5.78 Å². The number of unbranched alkanes of at least 4 members (excludes halogenated alkanes) is 9. The molecule has 0 radical (unpaired) electrons. The molecule has 0 heterocycles. The van der Waals surface area contributed by atoms with Gasteiger partial charge in [0.2, 0.25) is 0 Å². The molecule has 0 spiro atoms. The Morgan fingerprint density at radius 3 is 1.92 bits per heavy atom. The van der Waals surface area contributed by atoms with Gasteiger partial charge in [-0.1, -0.05) is 64.7 Å². The lowest BCUT2D eigenvalue weighted by Crippen LogP contribution is -2.16. The van der Waals surface area contributed by atoms with E-state index in [1.165, 1.54) is 57.8 Å². The van der Waals surface area contributed by atoms with Crippen LogP contribution in [0.4, 0.5) is 0 Å². The molecule has 0 fully saturated rings. The molecule has 3 heteroatoms. The van der Waals surface area contributed by atoms with Gasteiger partial charge in [-0.05, 0) is 44.8 Å². The van der Waals surface area contributed by atoms with Gasteiger partial charge in [-0.25, -0.2) is 0 Å². The maximum atomic E-state index is 12.1. The third-order valence-corrected chi connectivity index (χ3v) is 4.73. The van der Waals surface area contributed by atoms with Crippen molar-refractivity contribution in [1.29, 1.82) is 0 Å². The summed E-state index contributed by atoms with van der Waals surface area (Å²) >= 11 is 0. The maximum Gasteiger partial charge on any atom is 0.164 e. The van der Waals surface area contributed by atoms with E-state index in [0.29, 0.717) is 6.42 Å². The standard InChI is InChI=1S/C23H39NO2/c1-4-5-6-7-8-9-10-11-12-13-20-26-22-16-14-21(15-17-22)23(25)18-19-24(2)3/h14-17H,4-13,18-20H2,1-3H3. The third-order valence-electron chi connectivity index (χ3n) is 4.73. The molecule has 1 rings (SSSR count). The Kier molecular flexibility index (Phi) is 12.9. The molecular weight excluding hydrogens is 322 g/mol. The lowest BCUT2D eigenvalue weighted by Gasteiger charge is -2.09. The molecule has 0 N–H and O–H groups in total. The molecule has 1 aromatic rings. The average molecular weight is 362 g/mol. The number of carbonyl (C=O) groups excluding carboxylic acids is 1. The van der Waals surface area contributed by atoms with Gasteiger partial charge in [0.05, 0.1) is 6.61 Å². The Hall–Kier alpha value is -1.35. The van der Waals surface area contributed by atoms with Crippen LogP contribution in [0.3, 0.4) is 0 Å². The fraction of sp³-hybridized carbons (Fsp3) is 0.696. The van der Waals surface area contributed by atoms with Crippen molar-refractivity contribution in [2.75, 3.05) is 27.2 Å². The van der Waals surface area contributed by atoms with Gasteiger partial charge >= 0.3 is 0 Å². The summed E-state index contributed by atoms with van der Waals surface area (Å²) in [7, 11) is 3.97. The quantitative estimate of drug-likeness (QED) is 0.262. The van der Waals surface area contributed by atoms with Crippen LogP contribution in [0.2, 0.25) is 0 Å². The van der Waals surface area contributed by atoms with E-state index in [1.807, 2.05) is 43.3 Å². The Balaban J connectivity index is 2.05. The van der Waals surface area contributed by atoms with Crippen molar-refractivity contribution in [2.45, 2.75) is 77.6 Å². The fourth-order valence-corrected chi connectivity index (χ4v) is 2.99. The van der Waals surface area contributed by atoms with Crippen LogP contribution in [0.1, 0.15) is 87.9 Å². The molecule has 0 aromatic heterocycles.